The van der Waals surface area contributed by atoms with Gasteiger partial charge in [0.2, 0.25) is 0 Å². The second-order valence-corrected chi connectivity index (χ2v) is 7.91. The zero-order valence-corrected chi connectivity index (χ0v) is 14.7. The number of hydrogen-bond donors (Lipinski definition) is 1. The fraction of sp³-hybridized carbons (Fsp3) is 0.250. The van der Waals surface area contributed by atoms with Gasteiger partial charge in [0.25, 0.3) is 0 Å². The average molecular weight is 378 g/mol. The number of anilines is 1. The molecule has 1 N–H and O–H groups in total. The number of hydrogen-bond acceptors (Lipinski definition) is 2. The maximum atomic E-state index is 12.9. The Kier molecular flexibility index (Phi) is 5.51. The lowest BCUT2D eigenvalue weighted by molar-refractivity contribution is -0.107. The van der Waals surface area contributed by atoms with Gasteiger partial charge in [-0.2, -0.15) is 13.2 Å². The third-order valence-corrected chi connectivity index (χ3v) is 5.39. The number of rotatable bonds is 5. The summed E-state index contributed by atoms with van der Waals surface area (Å²) in [7, 11) is -4.25. The van der Waals surface area contributed by atoms with Crippen LogP contribution in [0.5, 0.6) is 5.75 Å². The summed E-state index contributed by atoms with van der Waals surface area (Å²) in [6, 6.07) is 10.6. The molecule has 0 aliphatic carbocycles. The highest BCUT2D eigenvalue weighted by Crippen LogP contribution is 2.50. The summed E-state index contributed by atoms with van der Waals surface area (Å²) in [5.41, 5.74) is 2.15. The Labute approximate surface area is 143 Å². The van der Waals surface area contributed by atoms with Crippen molar-refractivity contribution < 1.29 is 22.3 Å². The monoisotopic (exact) mass is 377 g/mol. The van der Waals surface area contributed by atoms with Gasteiger partial charge >= 0.3 is 13.7 Å². The summed E-state index contributed by atoms with van der Waals surface area (Å²) in [5, 5.41) is 2.82. The highest BCUT2D eigenvalue weighted by molar-refractivity contribution is 7.61. The Bertz CT molecular complexity index is 763. The van der Waals surface area contributed by atoms with Crippen LogP contribution in [0.25, 0.3) is 0 Å². The molecular weight excluding hydrogens is 362 g/mol. The van der Waals surface area contributed by atoms with E-state index in [0.717, 1.165) is 11.1 Å². The van der Waals surface area contributed by atoms with Crippen molar-refractivity contribution in [1.29, 1.82) is 0 Å². The first-order valence-electron chi connectivity index (χ1n) is 7.03. The molecule has 0 heterocycles. The number of aryl methyl sites for hydroxylation is 2. The van der Waals surface area contributed by atoms with Crippen LogP contribution < -0.4 is 9.61 Å². The van der Waals surface area contributed by atoms with Crippen LogP contribution in [0, 0.1) is 13.8 Å². The lowest BCUT2D eigenvalue weighted by Crippen LogP contribution is -2.20. The molecule has 0 unspecified atom stereocenters. The van der Waals surface area contributed by atoms with Gasteiger partial charge in [-0.1, -0.05) is 17.7 Å². The van der Waals surface area contributed by atoms with Crippen molar-refractivity contribution in [2.45, 2.75) is 20.0 Å². The molecule has 0 aliphatic heterocycles. The van der Waals surface area contributed by atoms with E-state index in [0.29, 0.717) is 10.7 Å². The zero-order chi connectivity index (χ0) is 18.0. The van der Waals surface area contributed by atoms with Crippen LogP contribution >= 0.6 is 19.1 Å². The molecule has 3 nitrogen and oxygen atoms in total. The maximum Gasteiger partial charge on any atom is 0.400 e. The number of nitrogens with one attached hydrogen (secondary N) is 1. The van der Waals surface area contributed by atoms with E-state index < -0.39 is 19.9 Å². The molecule has 0 saturated heterocycles. The summed E-state index contributed by atoms with van der Waals surface area (Å²) < 4.78 is 56.5. The summed E-state index contributed by atoms with van der Waals surface area (Å²) in [6.45, 7) is 3.69. The first-order valence-corrected chi connectivity index (χ1v) is 9.22. The maximum absolute atomic E-state index is 12.9. The van der Waals surface area contributed by atoms with Crippen molar-refractivity contribution in [2.24, 2.45) is 0 Å². The molecule has 0 saturated carbocycles. The van der Waals surface area contributed by atoms with E-state index in [1.807, 2.05) is 13.8 Å². The predicted molar refractivity (Wildman–Crippen MR) is 90.1 cm³/mol. The highest BCUT2D eigenvalue weighted by atomic mass is 35.5. The van der Waals surface area contributed by atoms with Crippen LogP contribution in [0.2, 0.25) is 5.02 Å². The largest absolute Gasteiger partial charge is 0.429 e. The highest BCUT2D eigenvalue weighted by Gasteiger charge is 2.41. The topological polar surface area (TPSA) is 38.3 Å². The fourth-order valence-electron chi connectivity index (χ4n) is 2.00. The first-order chi connectivity index (χ1) is 11.1. The van der Waals surface area contributed by atoms with Gasteiger partial charge in [0.1, 0.15) is 5.75 Å². The van der Waals surface area contributed by atoms with Gasteiger partial charge in [0.05, 0.1) is 0 Å². The van der Waals surface area contributed by atoms with Crippen LogP contribution in [0.4, 0.5) is 18.9 Å². The van der Waals surface area contributed by atoms with Gasteiger partial charge in [0, 0.05) is 10.7 Å². The molecule has 8 heteroatoms. The van der Waals surface area contributed by atoms with Crippen molar-refractivity contribution >= 4 is 24.8 Å². The molecule has 0 amide bonds. The van der Waals surface area contributed by atoms with Crippen LogP contribution in [0.1, 0.15) is 11.1 Å². The molecule has 0 spiro atoms. The molecule has 0 aromatic heterocycles. The minimum Gasteiger partial charge on any atom is -0.429 e. The second kappa shape index (κ2) is 7.08. The fourth-order valence-corrected chi connectivity index (χ4v) is 3.79. The predicted octanol–water partition coefficient (Wildman–Crippen LogP) is 6.20. The minimum absolute atomic E-state index is 0.0447. The normalized spacial score (nSPS) is 14.1. The van der Waals surface area contributed by atoms with Crippen molar-refractivity contribution in [3.8, 4) is 5.75 Å². The smallest absolute Gasteiger partial charge is 0.400 e. The van der Waals surface area contributed by atoms with Crippen LogP contribution in [0.3, 0.4) is 0 Å². The van der Waals surface area contributed by atoms with Gasteiger partial charge in [-0.15, -0.1) is 0 Å². The third kappa shape index (κ3) is 5.46. The molecular formula is C16H16ClF3NO2P. The van der Waals surface area contributed by atoms with Crippen molar-refractivity contribution in [3.63, 3.8) is 0 Å². The quantitative estimate of drug-likeness (QED) is 0.630. The van der Waals surface area contributed by atoms with E-state index in [1.165, 1.54) is 24.3 Å². The molecule has 2 aromatic carbocycles. The summed E-state index contributed by atoms with van der Waals surface area (Å²) >= 11 is 5.73. The number of halogens is 4. The van der Waals surface area contributed by atoms with Gasteiger partial charge in [0.15, 0.2) is 6.16 Å². The molecule has 0 fully saturated rings. The van der Waals surface area contributed by atoms with E-state index in [-0.39, 0.29) is 5.75 Å². The molecule has 24 heavy (non-hydrogen) atoms. The molecule has 2 aromatic rings. The molecule has 130 valence electrons. The van der Waals surface area contributed by atoms with E-state index >= 15 is 0 Å². The van der Waals surface area contributed by atoms with E-state index in [2.05, 4.69) is 5.09 Å². The Morgan fingerprint density at radius 2 is 1.71 bits per heavy atom. The molecule has 0 aliphatic rings. The molecule has 1 atom stereocenters. The summed E-state index contributed by atoms with van der Waals surface area (Å²) in [4.78, 5) is 0. The van der Waals surface area contributed by atoms with Gasteiger partial charge < -0.3 is 9.61 Å². The minimum atomic E-state index is -4.64. The Balaban J connectivity index is 2.30. The molecule has 0 radical (unpaired) electrons. The average Bonchev–Trinajstić information content (AvgIpc) is 2.43. The van der Waals surface area contributed by atoms with Gasteiger partial charge in [-0.05, 0) is 61.4 Å². The first kappa shape index (κ1) is 18.7. The van der Waals surface area contributed by atoms with Crippen LogP contribution in [-0.2, 0) is 4.57 Å². The number of alkyl halides is 3. The lowest BCUT2D eigenvalue weighted by atomic mass is 10.1. The van der Waals surface area contributed by atoms with Crippen LogP contribution in [-0.4, -0.2) is 12.3 Å². The lowest BCUT2D eigenvalue weighted by Gasteiger charge is -2.23. The third-order valence-electron chi connectivity index (χ3n) is 3.26. The zero-order valence-electron chi connectivity index (χ0n) is 13.0. The Morgan fingerprint density at radius 1 is 1.08 bits per heavy atom. The van der Waals surface area contributed by atoms with Gasteiger partial charge in [-0.25, -0.2) is 0 Å². The Morgan fingerprint density at radius 3 is 2.25 bits per heavy atom. The van der Waals surface area contributed by atoms with E-state index in [1.54, 1.807) is 18.2 Å². The van der Waals surface area contributed by atoms with Gasteiger partial charge in [-0.3, -0.25) is 4.57 Å². The standard InChI is InChI=1S/C16H16ClF3NO2P/c1-11-3-6-14(9-12(11)2)21-24(22,10-16(18,19)20)23-15-7-4-13(17)5-8-15/h3-9H,10H2,1-2H3,(H,21,22)/t24-/m0/s1. The van der Waals surface area contributed by atoms with E-state index in [4.69, 9.17) is 16.1 Å². The van der Waals surface area contributed by atoms with Crippen LogP contribution in [0.15, 0.2) is 42.5 Å². The van der Waals surface area contributed by atoms with Crippen molar-refractivity contribution in [3.05, 3.63) is 58.6 Å². The second-order valence-electron chi connectivity index (χ2n) is 5.40. The summed E-state index contributed by atoms with van der Waals surface area (Å²) in [6.07, 6.45) is -6.23. The van der Waals surface area contributed by atoms with Crippen molar-refractivity contribution in [1.82, 2.24) is 0 Å². The SMILES string of the molecule is Cc1ccc(N[P@](=O)(CC(F)(F)F)Oc2ccc(Cl)cc2)cc1C. The molecule has 0 bridgehead atoms. The van der Waals surface area contributed by atoms with E-state index in [9.17, 15) is 17.7 Å². The summed E-state index contributed by atoms with van der Waals surface area (Å²) in [5.74, 6) is 0.0447. The van der Waals surface area contributed by atoms with Crippen molar-refractivity contribution in [2.75, 3.05) is 11.2 Å². The Hall–Kier alpha value is -1.65. The molecule has 2 rings (SSSR count). The number of benzene rings is 2.